The summed E-state index contributed by atoms with van der Waals surface area (Å²) in [6.07, 6.45) is 1.86. The smallest absolute Gasteiger partial charge is 0.339 e. The van der Waals surface area contributed by atoms with Gasteiger partial charge in [0.15, 0.2) is 0 Å². The predicted molar refractivity (Wildman–Crippen MR) is 174 cm³/mol. The number of hydrogen-bond donors (Lipinski definition) is 4. The second kappa shape index (κ2) is 14.8. The first-order valence-electron chi connectivity index (χ1n) is 14.7. The fourth-order valence-corrected chi connectivity index (χ4v) is 4.87. The molecule has 0 radical (unpaired) electrons. The molecule has 2 atom stereocenters. The van der Waals surface area contributed by atoms with Gasteiger partial charge in [0, 0.05) is 28.4 Å². The van der Waals surface area contributed by atoms with Gasteiger partial charge in [0.2, 0.25) is 0 Å². The van der Waals surface area contributed by atoms with Crippen molar-refractivity contribution >= 4 is 29.3 Å². The minimum atomic E-state index is -0.610. The number of hydrogen-bond acceptors (Lipinski definition) is 5. The molecule has 2 unspecified atom stereocenters. The summed E-state index contributed by atoms with van der Waals surface area (Å²) in [5.41, 5.74) is 9.24. The summed E-state index contributed by atoms with van der Waals surface area (Å²) in [6, 6.07) is 27.7. The van der Waals surface area contributed by atoms with E-state index in [4.69, 9.17) is 15.9 Å². The highest BCUT2D eigenvalue weighted by Crippen LogP contribution is 2.30. The molecular formula is C36H38N4O4. The van der Waals surface area contributed by atoms with Crippen LogP contribution in [0.15, 0.2) is 97.1 Å². The monoisotopic (exact) mass is 590 g/mol. The Labute approximate surface area is 258 Å². The minimum absolute atomic E-state index is 0.0421. The highest BCUT2D eigenvalue weighted by atomic mass is 16.5. The number of rotatable bonds is 12. The molecule has 0 bridgehead atoms. The number of amides is 2. The number of nitrogens with two attached hydrogens (primary N) is 1. The zero-order valence-corrected chi connectivity index (χ0v) is 25.2. The average Bonchev–Trinajstić information content (AvgIpc) is 3.03. The van der Waals surface area contributed by atoms with Crippen molar-refractivity contribution in [2.75, 3.05) is 5.32 Å². The lowest BCUT2D eigenvalue weighted by molar-refractivity contribution is 0.0473. The van der Waals surface area contributed by atoms with Crippen LogP contribution < -0.4 is 16.4 Å². The minimum Gasteiger partial charge on any atom is -0.457 e. The molecule has 5 N–H and O–H groups in total. The molecule has 8 nitrogen and oxygen atoms in total. The summed E-state index contributed by atoms with van der Waals surface area (Å²) < 4.78 is 5.69. The van der Waals surface area contributed by atoms with E-state index in [1.54, 1.807) is 60.7 Å². The van der Waals surface area contributed by atoms with Gasteiger partial charge in [-0.15, -0.1) is 0 Å². The molecule has 4 aromatic rings. The number of nitrogens with one attached hydrogen (secondary N) is 3. The van der Waals surface area contributed by atoms with Crippen LogP contribution in [0.5, 0.6) is 0 Å². The Morgan fingerprint density at radius 1 is 0.795 bits per heavy atom. The van der Waals surface area contributed by atoms with E-state index in [-0.39, 0.29) is 35.9 Å². The largest absolute Gasteiger partial charge is 0.457 e. The Morgan fingerprint density at radius 2 is 1.43 bits per heavy atom. The standard InChI is InChI=1S/C36H38N4O4/c1-4-23(2)20-24(3)39-34(41)27-16-19-30(32(21-27)36(43)44-22-25-10-6-5-7-11-25)29-12-8-9-13-31(29)35(42)40-28-17-14-26(15-18-28)33(37)38/h5-19,21,23-24H,4,20,22H2,1-3H3,(H3,37,38)(H,39,41)(H,40,42). The summed E-state index contributed by atoms with van der Waals surface area (Å²) in [4.78, 5) is 40.3. The molecule has 4 aromatic carbocycles. The third kappa shape index (κ3) is 8.19. The number of benzene rings is 4. The Kier molecular flexibility index (Phi) is 10.6. The van der Waals surface area contributed by atoms with Crippen molar-refractivity contribution in [1.29, 1.82) is 5.41 Å². The third-order valence-corrected chi connectivity index (χ3v) is 7.46. The van der Waals surface area contributed by atoms with Crippen LogP contribution in [0.1, 0.15) is 75.8 Å². The Morgan fingerprint density at radius 3 is 2.11 bits per heavy atom. The van der Waals surface area contributed by atoms with E-state index in [9.17, 15) is 14.4 Å². The number of carbonyl (C=O) groups excluding carboxylic acids is 3. The Hall–Kier alpha value is -5.24. The normalized spacial score (nSPS) is 12.1. The fraction of sp³-hybridized carbons (Fsp3) is 0.222. The molecular weight excluding hydrogens is 552 g/mol. The molecule has 0 fully saturated rings. The first-order valence-corrected chi connectivity index (χ1v) is 14.7. The van der Waals surface area contributed by atoms with E-state index >= 15 is 0 Å². The van der Waals surface area contributed by atoms with Crippen LogP contribution in [0.2, 0.25) is 0 Å². The van der Waals surface area contributed by atoms with Gasteiger partial charge in [-0.05, 0) is 78.4 Å². The number of esters is 1. The molecule has 0 aromatic heterocycles. The summed E-state index contributed by atoms with van der Waals surface area (Å²) in [5.74, 6) is -0.890. The topological polar surface area (TPSA) is 134 Å². The molecule has 0 spiro atoms. The Bertz CT molecular complexity index is 1630. The van der Waals surface area contributed by atoms with Crippen LogP contribution in [-0.2, 0) is 11.3 Å². The summed E-state index contributed by atoms with van der Waals surface area (Å²) in [6.45, 7) is 6.29. The molecule has 0 aliphatic rings. The van der Waals surface area contributed by atoms with Gasteiger partial charge >= 0.3 is 5.97 Å². The van der Waals surface area contributed by atoms with Crippen LogP contribution in [-0.4, -0.2) is 29.7 Å². The SMILES string of the molecule is CCC(C)CC(C)NC(=O)c1ccc(-c2ccccc2C(=O)Nc2ccc(C(=N)N)cc2)c(C(=O)OCc2ccccc2)c1. The van der Waals surface area contributed by atoms with E-state index in [0.717, 1.165) is 18.4 Å². The van der Waals surface area contributed by atoms with Gasteiger partial charge in [-0.1, -0.05) is 74.9 Å². The van der Waals surface area contributed by atoms with Gasteiger partial charge in [-0.25, -0.2) is 4.79 Å². The second-order valence-electron chi connectivity index (χ2n) is 10.9. The molecule has 226 valence electrons. The van der Waals surface area contributed by atoms with Crippen molar-refractivity contribution in [1.82, 2.24) is 5.32 Å². The van der Waals surface area contributed by atoms with Gasteiger partial charge in [-0.2, -0.15) is 0 Å². The lowest BCUT2D eigenvalue weighted by atomic mass is 9.93. The van der Waals surface area contributed by atoms with Crippen molar-refractivity contribution in [3.05, 3.63) is 125 Å². The maximum atomic E-state index is 13.6. The number of anilines is 1. The van der Waals surface area contributed by atoms with Crippen LogP contribution >= 0.6 is 0 Å². The van der Waals surface area contributed by atoms with Gasteiger partial charge in [0.05, 0.1) is 5.56 Å². The van der Waals surface area contributed by atoms with Crippen molar-refractivity contribution < 1.29 is 19.1 Å². The van der Waals surface area contributed by atoms with E-state index in [1.807, 2.05) is 37.3 Å². The summed E-state index contributed by atoms with van der Waals surface area (Å²) >= 11 is 0. The molecule has 0 saturated carbocycles. The van der Waals surface area contributed by atoms with Crippen molar-refractivity contribution in [3.63, 3.8) is 0 Å². The van der Waals surface area contributed by atoms with Crippen molar-refractivity contribution in [2.24, 2.45) is 11.7 Å². The molecule has 0 aliphatic heterocycles. The Balaban J connectivity index is 1.67. The number of nitrogen functional groups attached to an aromatic ring is 1. The highest BCUT2D eigenvalue weighted by molar-refractivity contribution is 6.11. The van der Waals surface area contributed by atoms with Crippen LogP contribution in [0.25, 0.3) is 11.1 Å². The van der Waals surface area contributed by atoms with Crippen LogP contribution in [0.3, 0.4) is 0 Å². The van der Waals surface area contributed by atoms with Crippen LogP contribution in [0, 0.1) is 11.3 Å². The van der Waals surface area contributed by atoms with E-state index in [2.05, 4.69) is 24.5 Å². The molecule has 2 amide bonds. The lowest BCUT2D eigenvalue weighted by Gasteiger charge is -2.19. The molecule has 0 aliphatic carbocycles. The third-order valence-electron chi connectivity index (χ3n) is 7.46. The quantitative estimate of drug-likeness (QED) is 0.0818. The predicted octanol–water partition coefficient (Wildman–Crippen LogP) is 6.80. The van der Waals surface area contributed by atoms with E-state index in [0.29, 0.717) is 39.4 Å². The first-order chi connectivity index (χ1) is 21.2. The highest BCUT2D eigenvalue weighted by Gasteiger charge is 2.22. The average molecular weight is 591 g/mol. The van der Waals surface area contributed by atoms with E-state index in [1.165, 1.54) is 6.07 Å². The summed E-state index contributed by atoms with van der Waals surface area (Å²) in [7, 11) is 0. The van der Waals surface area contributed by atoms with E-state index < -0.39 is 5.97 Å². The van der Waals surface area contributed by atoms with Gasteiger partial charge < -0.3 is 21.1 Å². The van der Waals surface area contributed by atoms with Gasteiger partial charge in [-0.3, -0.25) is 15.0 Å². The summed E-state index contributed by atoms with van der Waals surface area (Å²) in [5, 5.41) is 13.5. The van der Waals surface area contributed by atoms with Crippen molar-refractivity contribution in [2.45, 2.75) is 46.3 Å². The van der Waals surface area contributed by atoms with Gasteiger partial charge in [0.25, 0.3) is 11.8 Å². The second-order valence-corrected chi connectivity index (χ2v) is 10.9. The number of amidine groups is 1. The zero-order valence-electron chi connectivity index (χ0n) is 25.2. The first kappa shape index (κ1) is 31.7. The zero-order chi connectivity index (χ0) is 31.6. The van der Waals surface area contributed by atoms with Crippen molar-refractivity contribution in [3.8, 4) is 11.1 Å². The molecule has 44 heavy (non-hydrogen) atoms. The lowest BCUT2D eigenvalue weighted by Crippen LogP contribution is -2.33. The number of ether oxygens (including phenoxy) is 1. The molecule has 8 heteroatoms. The maximum absolute atomic E-state index is 13.6. The molecule has 0 heterocycles. The fourth-order valence-electron chi connectivity index (χ4n) is 4.87. The van der Waals surface area contributed by atoms with Gasteiger partial charge in [0.1, 0.15) is 12.4 Å². The van der Waals surface area contributed by atoms with Crippen LogP contribution in [0.4, 0.5) is 5.69 Å². The molecule has 4 rings (SSSR count). The molecule has 0 saturated heterocycles. The maximum Gasteiger partial charge on any atom is 0.339 e. The number of carbonyl (C=O) groups is 3.